The highest BCUT2D eigenvalue weighted by Gasteiger charge is 2.29. The number of aromatic nitrogens is 2. The van der Waals surface area contributed by atoms with Crippen LogP contribution in [0.25, 0.3) is 0 Å². The van der Waals surface area contributed by atoms with Gasteiger partial charge in [-0.3, -0.25) is 0 Å². The van der Waals surface area contributed by atoms with Gasteiger partial charge in [-0.05, 0) is 12.8 Å². The second kappa shape index (κ2) is 6.58. The molecular weight excluding hydrogens is 261 g/mol. The molecule has 4 nitrogen and oxygen atoms in total. The Morgan fingerprint density at radius 2 is 1.79 bits per heavy atom. The fourth-order valence-electron chi connectivity index (χ4n) is 1.09. The van der Waals surface area contributed by atoms with Crippen molar-refractivity contribution in [2.24, 2.45) is 5.92 Å². The Bertz CT molecular complexity index is 406. The van der Waals surface area contributed by atoms with Crippen molar-refractivity contribution in [3.63, 3.8) is 0 Å². The highest BCUT2D eigenvalue weighted by molar-refractivity contribution is 5.32. The number of methoxy groups -OCH3 is 1. The summed E-state index contributed by atoms with van der Waals surface area (Å²) in [5.41, 5.74) is 0.337. The van der Waals surface area contributed by atoms with Crippen LogP contribution in [0.3, 0.4) is 0 Å². The van der Waals surface area contributed by atoms with Gasteiger partial charge in [0.1, 0.15) is 6.33 Å². The van der Waals surface area contributed by atoms with Crippen molar-refractivity contribution in [1.29, 1.82) is 0 Å². The Morgan fingerprint density at radius 3 is 2.21 bits per heavy atom. The number of alkyl halides is 3. The molecule has 0 radical (unpaired) electrons. The average Bonchev–Trinajstić information content (AvgIpc) is 3.10. The first-order chi connectivity index (χ1) is 8.83. The van der Waals surface area contributed by atoms with Gasteiger partial charge in [-0.15, -0.1) is 0 Å². The second-order valence-electron chi connectivity index (χ2n) is 4.40. The molecule has 1 aliphatic rings. The lowest BCUT2D eigenvalue weighted by Crippen LogP contribution is -2.20. The van der Waals surface area contributed by atoms with Crippen molar-refractivity contribution in [3.8, 4) is 11.8 Å². The zero-order chi connectivity index (χ0) is 14.5. The van der Waals surface area contributed by atoms with Gasteiger partial charge in [-0.2, -0.15) is 13.2 Å². The predicted molar refractivity (Wildman–Crippen MR) is 63.3 cm³/mol. The van der Waals surface area contributed by atoms with Gasteiger partial charge >= 0.3 is 6.18 Å². The van der Waals surface area contributed by atoms with E-state index in [1.54, 1.807) is 0 Å². The van der Waals surface area contributed by atoms with Crippen molar-refractivity contribution >= 4 is 0 Å². The summed E-state index contributed by atoms with van der Waals surface area (Å²) in [6.07, 6.45) is -0.331. The summed E-state index contributed by atoms with van der Waals surface area (Å²) in [6.45, 7) is 2.42. The maximum absolute atomic E-state index is 11.9. The number of hydrogen-bond donors (Lipinski definition) is 0. The van der Waals surface area contributed by atoms with Gasteiger partial charge < -0.3 is 9.47 Å². The van der Waals surface area contributed by atoms with Crippen LogP contribution in [0.5, 0.6) is 11.8 Å². The number of nitrogens with zero attached hydrogens (tertiary/aromatic N) is 2. The number of ether oxygens (including phenoxy) is 2. The monoisotopic (exact) mass is 278 g/mol. The predicted octanol–water partition coefficient (Wildman–Crippen LogP) is 3.15. The number of halogens is 3. The van der Waals surface area contributed by atoms with Gasteiger partial charge in [-0.1, -0.05) is 19.8 Å². The number of hydrogen-bond acceptors (Lipinski definition) is 4. The quantitative estimate of drug-likeness (QED) is 0.852. The largest absolute Gasteiger partial charge is 0.481 e. The van der Waals surface area contributed by atoms with E-state index in [0.717, 1.165) is 12.2 Å². The minimum absolute atomic E-state index is 0.126. The molecule has 0 N–H and O–H groups in total. The van der Waals surface area contributed by atoms with Crippen molar-refractivity contribution in [2.75, 3.05) is 13.7 Å². The Labute approximate surface area is 110 Å². The highest BCUT2D eigenvalue weighted by Crippen LogP contribution is 2.26. The van der Waals surface area contributed by atoms with Gasteiger partial charge in [0.15, 0.2) is 6.61 Å². The van der Waals surface area contributed by atoms with E-state index in [9.17, 15) is 13.2 Å². The van der Waals surface area contributed by atoms with Crippen molar-refractivity contribution in [3.05, 3.63) is 11.9 Å². The molecule has 1 fully saturated rings. The Hall–Kier alpha value is -1.53. The van der Waals surface area contributed by atoms with Crippen molar-refractivity contribution in [2.45, 2.75) is 32.9 Å². The molecular formula is C12H17F3N2O2. The Morgan fingerprint density at radius 1 is 1.26 bits per heavy atom. The molecule has 0 saturated heterocycles. The minimum atomic E-state index is -4.38. The van der Waals surface area contributed by atoms with Crippen LogP contribution in [0.2, 0.25) is 0 Å². The summed E-state index contributed by atoms with van der Waals surface area (Å²) in [7, 11) is 1.36. The molecule has 108 valence electrons. The normalized spacial score (nSPS) is 14.4. The molecule has 1 aliphatic carbocycles. The molecule has 19 heavy (non-hydrogen) atoms. The topological polar surface area (TPSA) is 44.2 Å². The van der Waals surface area contributed by atoms with E-state index in [1.165, 1.54) is 26.9 Å². The molecule has 0 unspecified atom stereocenters. The molecule has 0 bridgehead atoms. The van der Waals surface area contributed by atoms with E-state index in [0.29, 0.717) is 5.56 Å². The molecule has 0 amide bonds. The molecule has 0 aromatic carbocycles. The van der Waals surface area contributed by atoms with Gasteiger partial charge in [0.25, 0.3) is 0 Å². The maximum Gasteiger partial charge on any atom is 0.422 e. The third-order valence-electron chi connectivity index (χ3n) is 2.42. The zero-order valence-electron chi connectivity index (χ0n) is 11.1. The second-order valence-corrected chi connectivity index (χ2v) is 4.40. The minimum Gasteiger partial charge on any atom is -0.481 e. The molecule has 1 aromatic heterocycles. The molecule has 0 atom stereocenters. The van der Waals surface area contributed by atoms with E-state index in [1.807, 2.05) is 0 Å². The molecule has 2 rings (SSSR count). The molecule has 1 heterocycles. The third-order valence-corrected chi connectivity index (χ3v) is 2.42. The first-order valence-electron chi connectivity index (χ1n) is 5.88. The van der Waals surface area contributed by atoms with Gasteiger partial charge in [0, 0.05) is 0 Å². The lowest BCUT2D eigenvalue weighted by molar-refractivity contribution is -0.154. The third kappa shape index (κ3) is 6.26. The summed E-state index contributed by atoms with van der Waals surface area (Å²) in [6, 6.07) is 0. The van der Waals surface area contributed by atoms with Crippen molar-refractivity contribution in [1.82, 2.24) is 9.97 Å². The van der Waals surface area contributed by atoms with E-state index in [-0.39, 0.29) is 11.8 Å². The van der Waals surface area contributed by atoms with E-state index < -0.39 is 12.8 Å². The van der Waals surface area contributed by atoms with Crippen molar-refractivity contribution < 1.29 is 22.6 Å². The maximum atomic E-state index is 11.9. The molecule has 0 spiro atoms. The summed E-state index contributed by atoms with van der Waals surface area (Å²) < 4.78 is 44.9. The van der Waals surface area contributed by atoms with Crippen LogP contribution >= 0.6 is 0 Å². The van der Waals surface area contributed by atoms with Crippen LogP contribution in [0.1, 0.15) is 25.3 Å². The standard InChI is InChI=1S/C8H9F3N2O2.C4H8/c1-5-6(14-2)12-4-13-7(5)15-3-8(9,10)11;1-4-2-3-4/h4H,3H2,1-2H3;4H,2-3H2,1H3. The SMILES string of the molecule is CC1CC1.COc1ncnc(OCC(F)(F)F)c1C. The fraction of sp³-hybridized carbons (Fsp3) is 0.667. The molecule has 1 aromatic rings. The summed E-state index contributed by atoms with van der Waals surface area (Å²) in [5, 5.41) is 0. The molecule has 7 heteroatoms. The van der Waals surface area contributed by atoms with Gasteiger partial charge in [-0.25, -0.2) is 9.97 Å². The zero-order valence-corrected chi connectivity index (χ0v) is 11.1. The summed E-state index contributed by atoms with van der Waals surface area (Å²) in [5.74, 6) is 1.15. The van der Waals surface area contributed by atoms with Gasteiger partial charge in [0.2, 0.25) is 11.8 Å². The molecule has 1 saturated carbocycles. The smallest absolute Gasteiger partial charge is 0.422 e. The Kier molecular flexibility index (Phi) is 5.38. The Balaban J connectivity index is 0.000000382. The highest BCUT2D eigenvalue weighted by atomic mass is 19.4. The lowest BCUT2D eigenvalue weighted by atomic mass is 10.3. The molecule has 0 aliphatic heterocycles. The van der Waals surface area contributed by atoms with Crippen LogP contribution in [-0.2, 0) is 0 Å². The van der Waals surface area contributed by atoms with E-state index >= 15 is 0 Å². The van der Waals surface area contributed by atoms with Crippen LogP contribution in [-0.4, -0.2) is 29.9 Å². The average molecular weight is 278 g/mol. The van der Waals surface area contributed by atoms with Gasteiger partial charge in [0.05, 0.1) is 12.7 Å². The summed E-state index contributed by atoms with van der Waals surface area (Å²) >= 11 is 0. The summed E-state index contributed by atoms with van der Waals surface area (Å²) in [4.78, 5) is 7.28. The van der Waals surface area contributed by atoms with Crippen LogP contribution in [0.4, 0.5) is 13.2 Å². The fourth-order valence-corrected chi connectivity index (χ4v) is 1.09. The number of rotatable bonds is 3. The van der Waals surface area contributed by atoms with Crippen LogP contribution in [0, 0.1) is 12.8 Å². The van der Waals surface area contributed by atoms with E-state index in [4.69, 9.17) is 4.74 Å². The van der Waals surface area contributed by atoms with Crippen LogP contribution in [0.15, 0.2) is 6.33 Å². The lowest BCUT2D eigenvalue weighted by Gasteiger charge is -2.11. The first-order valence-corrected chi connectivity index (χ1v) is 5.88. The van der Waals surface area contributed by atoms with E-state index in [2.05, 4.69) is 21.6 Å². The van der Waals surface area contributed by atoms with Crippen LogP contribution < -0.4 is 9.47 Å². The first kappa shape index (κ1) is 15.5.